The lowest BCUT2D eigenvalue weighted by atomic mass is 10.0. The third kappa shape index (κ3) is 2.65. The van der Waals surface area contributed by atoms with E-state index in [0.717, 1.165) is 19.5 Å². The zero-order chi connectivity index (χ0) is 13.0. The first-order valence-corrected chi connectivity index (χ1v) is 7.50. The van der Waals surface area contributed by atoms with Crippen LogP contribution in [0.4, 0.5) is 0 Å². The van der Waals surface area contributed by atoms with Crippen LogP contribution in [0.2, 0.25) is 0 Å². The molecular weight excluding hydrogens is 242 g/mol. The van der Waals surface area contributed by atoms with Crippen LogP contribution in [0.25, 0.3) is 0 Å². The standard InChI is InChI=1S/C14H21N3S/c1-4-11-7-8-18-14(11)13(15-5-2)12-9-16-17(6-3)10-12/h7-10,13,15H,4-6H2,1-3H3. The van der Waals surface area contributed by atoms with E-state index in [1.807, 2.05) is 22.2 Å². The van der Waals surface area contributed by atoms with Gasteiger partial charge in [0, 0.05) is 23.2 Å². The van der Waals surface area contributed by atoms with Gasteiger partial charge in [-0.1, -0.05) is 13.8 Å². The molecule has 98 valence electrons. The van der Waals surface area contributed by atoms with Crippen LogP contribution < -0.4 is 5.32 Å². The summed E-state index contributed by atoms with van der Waals surface area (Å²) < 4.78 is 1.99. The Morgan fingerprint density at radius 2 is 2.22 bits per heavy atom. The molecule has 0 aromatic carbocycles. The van der Waals surface area contributed by atoms with Crippen molar-refractivity contribution in [2.75, 3.05) is 6.54 Å². The molecule has 0 fully saturated rings. The van der Waals surface area contributed by atoms with Gasteiger partial charge >= 0.3 is 0 Å². The van der Waals surface area contributed by atoms with Crippen LogP contribution in [0.5, 0.6) is 0 Å². The molecule has 0 saturated heterocycles. The Hall–Kier alpha value is -1.13. The van der Waals surface area contributed by atoms with Gasteiger partial charge in [0.2, 0.25) is 0 Å². The zero-order valence-electron chi connectivity index (χ0n) is 11.3. The van der Waals surface area contributed by atoms with E-state index in [2.05, 4.69) is 48.8 Å². The maximum Gasteiger partial charge on any atom is 0.0704 e. The van der Waals surface area contributed by atoms with E-state index in [0.29, 0.717) is 0 Å². The van der Waals surface area contributed by atoms with Crippen molar-refractivity contribution in [2.24, 2.45) is 0 Å². The van der Waals surface area contributed by atoms with Crippen molar-refractivity contribution < 1.29 is 0 Å². The van der Waals surface area contributed by atoms with Crippen molar-refractivity contribution in [1.82, 2.24) is 15.1 Å². The Kier molecular flexibility index (Phi) is 4.55. The van der Waals surface area contributed by atoms with Crippen molar-refractivity contribution in [3.8, 4) is 0 Å². The largest absolute Gasteiger partial charge is 0.306 e. The molecule has 4 heteroatoms. The number of hydrogen-bond acceptors (Lipinski definition) is 3. The number of aryl methyl sites for hydroxylation is 2. The lowest BCUT2D eigenvalue weighted by Gasteiger charge is -2.16. The van der Waals surface area contributed by atoms with E-state index in [9.17, 15) is 0 Å². The number of thiophene rings is 1. The molecule has 0 amide bonds. The van der Waals surface area contributed by atoms with Gasteiger partial charge in [0.15, 0.2) is 0 Å². The van der Waals surface area contributed by atoms with Crippen molar-refractivity contribution in [3.05, 3.63) is 39.8 Å². The predicted molar refractivity (Wildman–Crippen MR) is 77.1 cm³/mol. The first-order valence-electron chi connectivity index (χ1n) is 6.62. The first-order chi connectivity index (χ1) is 8.80. The minimum Gasteiger partial charge on any atom is -0.306 e. The van der Waals surface area contributed by atoms with Gasteiger partial charge in [0.05, 0.1) is 12.2 Å². The lowest BCUT2D eigenvalue weighted by Crippen LogP contribution is -2.21. The molecule has 0 radical (unpaired) electrons. The number of nitrogens with one attached hydrogen (secondary N) is 1. The Morgan fingerprint density at radius 1 is 1.39 bits per heavy atom. The normalized spacial score (nSPS) is 12.8. The summed E-state index contributed by atoms with van der Waals surface area (Å²) in [5.41, 5.74) is 2.70. The first kappa shape index (κ1) is 13.3. The summed E-state index contributed by atoms with van der Waals surface area (Å²) in [4.78, 5) is 1.43. The SMILES string of the molecule is CCNC(c1cnn(CC)c1)c1sccc1CC. The van der Waals surface area contributed by atoms with Gasteiger partial charge < -0.3 is 5.32 Å². The van der Waals surface area contributed by atoms with Crippen molar-refractivity contribution in [3.63, 3.8) is 0 Å². The Bertz CT molecular complexity index is 487. The van der Waals surface area contributed by atoms with E-state index < -0.39 is 0 Å². The summed E-state index contributed by atoms with van der Waals surface area (Å²) in [6.45, 7) is 8.36. The van der Waals surface area contributed by atoms with E-state index >= 15 is 0 Å². The molecule has 0 aliphatic rings. The minimum absolute atomic E-state index is 0.283. The second kappa shape index (κ2) is 6.16. The molecule has 2 aromatic rings. The Labute approximate surface area is 113 Å². The van der Waals surface area contributed by atoms with Crippen LogP contribution in [0.15, 0.2) is 23.8 Å². The Balaban J connectivity index is 2.33. The minimum atomic E-state index is 0.283. The van der Waals surface area contributed by atoms with E-state index in [4.69, 9.17) is 0 Å². The summed E-state index contributed by atoms with van der Waals surface area (Å²) in [5.74, 6) is 0. The fourth-order valence-corrected chi connectivity index (χ4v) is 3.26. The van der Waals surface area contributed by atoms with Gasteiger partial charge in [-0.05, 0) is 36.9 Å². The molecule has 0 aliphatic carbocycles. The molecule has 0 spiro atoms. The van der Waals surface area contributed by atoms with Crippen LogP contribution in [-0.2, 0) is 13.0 Å². The van der Waals surface area contributed by atoms with E-state index in [1.165, 1.54) is 16.0 Å². The van der Waals surface area contributed by atoms with Gasteiger partial charge in [-0.25, -0.2) is 0 Å². The van der Waals surface area contributed by atoms with E-state index in [-0.39, 0.29) is 6.04 Å². The number of aromatic nitrogens is 2. The van der Waals surface area contributed by atoms with Crippen molar-refractivity contribution in [1.29, 1.82) is 0 Å². The van der Waals surface area contributed by atoms with Crippen LogP contribution in [0.3, 0.4) is 0 Å². The predicted octanol–water partition coefficient (Wildman–Crippen LogP) is 3.23. The second-order valence-corrected chi connectivity index (χ2v) is 5.23. The smallest absolute Gasteiger partial charge is 0.0704 e. The highest BCUT2D eigenvalue weighted by Gasteiger charge is 2.18. The monoisotopic (exact) mass is 263 g/mol. The fraction of sp³-hybridized carbons (Fsp3) is 0.500. The van der Waals surface area contributed by atoms with Gasteiger partial charge in [0.1, 0.15) is 0 Å². The average Bonchev–Trinajstić information content (AvgIpc) is 3.04. The van der Waals surface area contributed by atoms with Crippen molar-refractivity contribution >= 4 is 11.3 Å². The average molecular weight is 263 g/mol. The van der Waals surface area contributed by atoms with E-state index in [1.54, 1.807) is 0 Å². The zero-order valence-corrected chi connectivity index (χ0v) is 12.1. The molecule has 0 saturated carbocycles. The third-order valence-electron chi connectivity index (χ3n) is 3.14. The molecule has 1 unspecified atom stereocenters. The van der Waals surface area contributed by atoms with Gasteiger partial charge in [-0.3, -0.25) is 4.68 Å². The van der Waals surface area contributed by atoms with Crippen LogP contribution in [-0.4, -0.2) is 16.3 Å². The molecule has 2 aromatic heterocycles. The molecule has 3 nitrogen and oxygen atoms in total. The fourth-order valence-electron chi connectivity index (χ4n) is 2.16. The number of rotatable bonds is 6. The summed E-state index contributed by atoms with van der Waals surface area (Å²) in [7, 11) is 0. The highest BCUT2D eigenvalue weighted by Crippen LogP contribution is 2.29. The van der Waals surface area contributed by atoms with Gasteiger partial charge in [-0.2, -0.15) is 5.10 Å². The molecule has 0 bridgehead atoms. The second-order valence-electron chi connectivity index (χ2n) is 4.28. The summed E-state index contributed by atoms with van der Waals surface area (Å²) in [6, 6.07) is 2.51. The van der Waals surface area contributed by atoms with Crippen molar-refractivity contribution in [2.45, 2.75) is 39.8 Å². The lowest BCUT2D eigenvalue weighted by molar-refractivity contribution is 0.629. The third-order valence-corrected chi connectivity index (χ3v) is 4.17. The molecule has 2 rings (SSSR count). The summed E-state index contributed by atoms with van der Waals surface area (Å²) in [6.07, 6.45) is 5.21. The molecule has 1 N–H and O–H groups in total. The van der Waals surface area contributed by atoms with Crippen LogP contribution in [0.1, 0.15) is 42.8 Å². The number of hydrogen-bond donors (Lipinski definition) is 1. The van der Waals surface area contributed by atoms with Gasteiger partial charge in [-0.15, -0.1) is 11.3 Å². The van der Waals surface area contributed by atoms with Crippen LogP contribution >= 0.6 is 11.3 Å². The quantitative estimate of drug-likeness (QED) is 0.867. The maximum absolute atomic E-state index is 4.38. The topological polar surface area (TPSA) is 29.9 Å². The molecular formula is C14H21N3S. The Morgan fingerprint density at radius 3 is 2.83 bits per heavy atom. The molecule has 18 heavy (non-hydrogen) atoms. The molecule has 0 aliphatic heterocycles. The number of nitrogens with zero attached hydrogens (tertiary/aromatic N) is 2. The van der Waals surface area contributed by atoms with Crippen LogP contribution in [0, 0.1) is 0 Å². The maximum atomic E-state index is 4.38. The summed E-state index contributed by atoms with van der Waals surface area (Å²) in [5, 5.41) is 10.1. The van der Waals surface area contributed by atoms with Gasteiger partial charge in [0.25, 0.3) is 0 Å². The highest BCUT2D eigenvalue weighted by atomic mass is 32.1. The molecule has 1 atom stereocenters. The molecule has 2 heterocycles. The highest BCUT2D eigenvalue weighted by molar-refractivity contribution is 7.10. The summed E-state index contributed by atoms with van der Waals surface area (Å²) >= 11 is 1.83.